The molecule has 2 aromatic carbocycles. The molecule has 0 saturated carbocycles. The summed E-state index contributed by atoms with van der Waals surface area (Å²) in [5, 5.41) is 10.5. The van der Waals surface area contributed by atoms with Crippen LogP contribution in [0.1, 0.15) is 19.3 Å². The van der Waals surface area contributed by atoms with Gasteiger partial charge in [-0.3, -0.25) is 9.69 Å². The van der Waals surface area contributed by atoms with E-state index in [1.54, 1.807) is 20.4 Å². The molecule has 3 heterocycles. The van der Waals surface area contributed by atoms with E-state index in [0.717, 1.165) is 64.3 Å². The molecule has 11 nitrogen and oxygen atoms in total. The lowest BCUT2D eigenvalue weighted by Gasteiger charge is -2.31. The summed E-state index contributed by atoms with van der Waals surface area (Å²) < 4.78 is 18.7. The second-order valence-electron chi connectivity index (χ2n) is 11.9. The number of benzene rings is 2. The Hall–Kier alpha value is -3.81. The molecular formula is C33H42ClN8O3P. The number of carbonyl (C=O) groups is 1. The number of methoxy groups -OCH3 is 1. The highest BCUT2D eigenvalue weighted by Gasteiger charge is 2.22. The van der Waals surface area contributed by atoms with Crippen LogP contribution in [0.25, 0.3) is 0 Å². The van der Waals surface area contributed by atoms with Gasteiger partial charge in [0.15, 0.2) is 5.82 Å². The molecule has 1 aromatic heterocycles. The van der Waals surface area contributed by atoms with Crippen LogP contribution < -0.4 is 30.9 Å². The minimum atomic E-state index is -2.57. The van der Waals surface area contributed by atoms with Crippen LogP contribution in [0.4, 0.5) is 34.5 Å². The second-order valence-corrected chi connectivity index (χ2v) is 15.5. The molecule has 2 aliphatic heterocycles. The lowest BCUT2D eigenvalue weighted by molar-refractivity contribution is -0.111. The summed E-state index contributed by atoms with van der Waals surface area (Å²) in [5.74, 6) is 6.63. The van der Waals surface area contributed by atoms with Crippen molar-refractivity contribution in [2.24, 2.45) is 0 Å². The number of halogens is 1. The number of nitrogens with one attached hydrogen (secondary N) is 3. The third-order valence-corrected chi connectivity index (χ3v) is 9.92. The quantitative estimate of drug-likeness (QED) is 0.201. The standard InChI is InChI=1S/C33H42ClN8O3P/c1-40-17-19-41(20-18-40)14-8-7-13-31(43)36-26-21-27(29(45-2)22-28(26)42-15-9-10-16-42)38-33-35-23-24(34)32(39-33)37-25-11-5-6-12-30(25)46(3,4)44/h5-6,11-12,21-23H,8-10,14-20H2,1-4H3,(H,36,43)(H2,35,37,38,39). The first kappa shape index (κ1) is 33.6. The van der Waals surface area contributed by atoms with Crippen molar-refractivity contribution in [2.45, 2.75) is 19.3 Å². The molecule has 244 valence electrons. The summed E-state index contributed by atoms with van der Waals surface area (Å²) in [4.78, 5) is 28.9. The first-order valence-electron chi connectivity index (χ1n) is 15.5. The molecule has 3 aromatic rings. The number of likely N-dealkylation sites (N-methyl/N-ethyl adjacent to an activating group) is 1. The maximum Gasteiger partial charge on any atom is 0.300 e. The zero-order valence-corrected chi connectivity index (χ0v) is 28.5. The fraction of sp³-hybridized carbons (Fsp3) is 0.424. The van der Waals surface area contributed by atoms with Crippen LogP contribution in [0.3, 0.4) is 0 Å². The Morgan fingerprint density at radius 2 is 1.76 bits per heavy atom. The maximum absolute atomic E-state index is 13.0. The molecule has 0 atom stereocenters. The predicted octanol–water partition coefficient (Wildman–Crippen LogP) is 5.05. The molecule has 0 aliphatic carbocycles. The normalized spacial score (nSPS) is 15.6. The van der Waals surface area contributed by atoms with Crippen LogP contribution >= 0.6 is 18.7 Å². The Balaban J connectivity index is 1.36. The van der Waals surface area contributed by atoms with E-state index in [1.807, 2.05) is 36.4 Å². The molecule has 2 saturated heterocycles. The van der Waals surface area contributed by atoms with E-state index >= 15 is 0 Å². The van der Waals surface area contributed by atoms with E-state index in [-0.39, 0.29) is 11.9 Å². The van der Waals surface area contributed by atoms with Crippen molar-refractivity contribution in [3.05, 3.63) is 47.6 Å². The summed E-state index contributed by atoms with van der Waals surface area (Å²) in [6, 6.07) is 11.1. The Morgan fingerprint density at radius 1 is 1.02 bits per heavy atom. The van der Waals surface area contributed by atoms with E-state index in [9.17, 15) is 9.36 Å². The van der Waals surface area contributed by atoms with Gasteiger partial charge in [-0.05, 0) is 57.3 Å². The van der Waals surface area contributed by atoms with Gasteiger partial charge in [-0.2, -0.15) is 4.98 Å². The molecule has 46 heavy (non-hydrogen) atoms. The molecule has 0 radical (unpaired) electrons. The Bertz CT molecular complexity index is 1660. The first-order chi connectivity index (χ1) is 22.1. The average molecular weight is 665 g/mol. The van der Waals surface area contributed by atoms with Gasteiger partial charge in [0, 0.05) is 63.6 Å². The van der Waals surface area contributed by atoms with Crippen molar-refractivity contribution in [1.82, 2.24) is 19.8 Å². The summed E-state index contributed by atoms with van der Waals surface area (Å²) in [6.45, 7) is 10.2. The fourth-order valence-electron chi connectivity index (χ4n) is 5.55. The van der Waals surface area contributed by atoms with Crippen molar-refractivity contribution in [3.63, 3.8) is 0 Å². The number of aromatic nitrogens is 2. The van der Waals surface area contributed by atoms with E-state index in [0.29, 0.717) is 45.4 Å². The van der Waals surface area contributed by atoms with Crippen LogP contribution in [-0.2, 0) is 9.36 Å². The number of amides is 1. The third-order valence-electron chi connectivity index (χ3n) is 8.09. The number of ether oxygens (including phenoxy) is 1. The number of hydrogen-bond acceptors (Lipinski definition) is 10. The van der Waals surface area contributed by atoms with Gasteiger partial charge in [0.2, 0.25) is 5.95 Å². The van der Waals surface area contributed by atoms with Gasteiger partial charge >= 0.3 is 0 Å². The van der Waals surface area contributed by atoms with Crippen LogP contribution in [0.15, 0.2) is 42.6 Å². The molecule has 0 spiro atoms. The zero-order valence-electron chi connectivity index (χ0n) is 26.9. The van der Waals surface area contributed by atoms with Gasteiger partial charge in [-0.25, -0.2) is 4.98 Å². The highest BCUT2D eigenvalue weighted by atomic mass is 35.5. The monoisotopic (exact) mass is 664 g/mol. The van der Waals surface area contributed by atoms with Gasteiger partial charge in [-0.1, -0.05) is 29.7 Å². The minimum Gasteiger partial charge on any atom is -0.494 e. The van der Waals surface area contributed by atoms with Crippen LogP contribution in [0, 0.1) is 11.8 Å². The van der Waals surface area contributed by atoms with Gasteiger partial charge in [0.25, 0.3) is 5.91 Å². The number of nitrogens with zero attached hydrogens (tertiary/aromatic N) is 5. The lowest BCUT2D eigenvalue weighted by atomic mass is 10.2. The second kappa shape index (κ2) is 15.2. The van der Waals surface area contributed by atoms with Crippen LogP contribution in [-0.4, -0.2) is 99.0 Å². The molecule has 0 bridgehead atoms. The molecule has 13 heteroatoms. The SMILES string of the molecule is COc1cc(N2CCCC2)c(NC(=O)C#CCCN2CCN(C)CC2)cc1Nc1ncc(Cl)c(Nc2ccccc2P(C)(C)=O)n1. The fourth-order valence-corrected chi connectivity index (χ4v) is 6.84. The molecule has 0 unspecified atom stereocenters. The largest absolute Gasteiger partial charge is 0.494 e. The minimum absolute atomic E-state index is 0.258. The maximum atomic E-state index is 13.0. The van der Waals surface area contributed by atoms with Crippen molar-refractivity contribution in [1.29, 1.82) is 0 Å². The number of piperazine rings is 1. The zero-order chi connectivity index (χ0) is 32.7. The van der Waals surface area contributed by atoms with E-state index < -0.39 is 7.14 Å². The lowest BCUT2D eigenvalue weighted by Crippen LogP contribution is -2.44. The summed E-state index contributed by atoms with van der Waals surface area (Å²) in [5.41, 5.74) is 2.70. The Labute approximate surface area is 276 Å². The van der Waals surface area contributed by atoms with Gasteiger partial charge in [0.1, 0.15) is 17.9 Å². The van der Waals surface area contributed by atoms with Crippen molar-refractivity contribution in [2.75, 3.05) is 94.2 Å². The molecule has 1 amide bonds. The third kappa shape index (κ3) is 8.71. The predicted molar refractivity (Wildman–Crippen MR) is 189 cm³/mol. The highest BCUT2D eigenvalue weighted by Crippen LogP contribution is 2.41. The number of carbonyl (C=O) groups excluding carboxylic acids is 1. The molecule has 5 rings (SSSR count). The molecule has 2 fully saturated rings. The van der Waals surface area contributed by atoms with Crippen LogP contribution in [0.2, 0.25) is 5.02 Å². The summed E-state index contributed by atoms with van der Waals surface area (Å²) in [7, 11) is 1.16. The highest BCUT2D eigenvalue weighted by molar-refractivity contribution is 7.70. The number of hydrogen-bond donors (Lipinski definition) is 3. The summed E-state index contributed by atoms with van der Waals surface area (Å²) >= 11 is 6.47. The van der Waals surface area contributed by atoms with Crippen molar-refractivity contribution < 1.29 is 14.1 Å². The van der Waals surface area contributed by atoms with Gasteiger partial charge < -0.3 is 35.1 Å². The number of para-hydroxylation sites is 1. The Morgan fingerprint density at radius 3 is 2.48 bits per heavy atom. The summed E-state index contributed by atoms with van der Waals surface area (Å²) in [6.07, 6.45) is 4.27. The van der Waals surface area contributed by atoms with Crippen molar-refractivity contribution >= 4 is 64.5 Å². The molecule has 3 N–H and O–H groups in total. The smallest absolute Gasteiger partial charge is 0.300 e. The topological polar surface area (TPSA) is 115 Å². The average Bonchev–Trinajstić information content (AvgIpc) is 3.57. The number of rotatable bonds is 10. The molecule has 2 aliphatic rings. The number of anilines is 6. The Kier molecular flexibility index (Phi) is 11.1. The molecular weight excluding hydrogens is 623 g/mol. The van der Waals surface area contributed by atoms with E-state index in [1.165, 1.54) is 6.20 Å². The van der Waals surface area contributed by atoms with Crippen molar-refractivity contribution in [3.8, 4) is 17.6 Å². The van der Waals surface area contributed by atoms with E-state index in [4.69, 9.17) is 16.3 Å². The van der Waals surface area contributed by atoms with Gasteiger partial charge in [-0.15, -0.1) is 0 Å². The van der Waals surface area contributed by atoms with Crippen LogP contribution in [0.5, 0.6) is 5.75 Å². The van der Waals surface area contributed by atoms with Gasteiger partial charge in [0.05, 0.1) is 36.1 Å². The first-order valence-corrected chi connectivity index (χ1v) is 18.5. The van der Waals surface area contributed by atoms with E-state index in [2.05, 4.69) is 59.5 Å².